The van der Waals surface area contributed by atoms with Crippen LogP contribution in [0, 0.1) is 0 Å². The molecule has 1 fully saturated rings. The molecule has 17 heavy (non-hydrogen) atoms. The number of aromatic nitrogens is 2. The Hall–Kier alpha value is -1.04. The molecule has 0 aliphatic carbocycles. The molecule has 1 aliphatic heterocycles. The number of hydrogen-bond donors (Lipinski definition) is 1. The first kappa shape index (κ1) is 12.4. The molecule has 1 aromatic rings. The fraction of sp³-hybridized carbons (Fsp3) is 0.667. The highest BCUT2D eigenvalue weighted by atomic mass is 16.5. The van der Waals surface area contributed by atoms with Crippen molar-refractivity contribution in [3.05, 3.63) is 24.3 Å². The lowest BCUT2D eigenvalue weighted by Gasteiger charge is -2.42. The number of nitrogens with zero attached hydrogens (tertiary/aromatic N) is 2. The lowest BCUT2D eigenvalue weighted by Crippen LogP contribution is -2.48. The number of ether oxygens (including phenoxy) is 2. The molecule has 0 aromatic carbocycles. The predicted octanol–water partition coefficient (Wildman–Crippen LogP) is 0.933. The normalized spacial score (nSPS) is 21.1. The summed E-state index contributed by atoms with van der Waals surface area (Å²) in [5.41, 5.74) is 0.830. The van der Waals surface area contributed by atoms with Crippen LogP contribution in [0.5, 0.6) is 0 Å². The van der Waals surface area contributed by atoms with Crippen LogP contribution in [0.15, 0.2) is 18.7 Å². The van der Waals surface area contributed by atoms with E-state index in [4.69, 9.17) is 9.47 Å². The van der Waals surface area contributed by atoms with Crippen molar-refractivity contribution in [1.82, 2.24) is 15.3 Å². The molecule has 1 atom stereocenters. The molecule has 0 saturated carbocycles. The molecule has 2 heterocycles. The van der Waals surface area contributed by atoms with Crippen LogP contribution >= 0.6 is 0 Å². The highest BCUT2D eigenvalue weighted by molar-refractivity contribution is 5.15. The molecule has 1 unspecified atom stereocenters. The van der Waals surface area contributed by atoms with E-state index < -0.39 is 0 Å². The van der Waals surface area contributed by atoms with Crippen LogP contribution in [0.25, 0.3) is 0 Å². The van der Waals surface area contributed by atoms with Gasteiger partial charge in [0.25, 0.3) is 0 Å². The maximum atomic E-state index is 5.79. The van der Waals surface area contributed by atoms with Gasteiger partial charge in [0.1, 0.15) is 6.33 Å². The second-order valence-corrected chi connectivity index (χ2v) is 4.27. The molecular formula is C12H19N3O2. The van der Waals surface area contributed by atoms with Crippen molar-refractivity contribution in [2.75, 3.05) is 27.4 Å². The Morgan fingerprint density at radius 3 is 2.53 bits per heavy atom. The first-order valence-corrected chi connectivity index (χ1v) is 5.87. The lowest BCUT2D eigenvalue weighted by atomic mass is 9.83. The Morgan fingerprint density at radius 1 is 1.35 bits per heavy atom. The fourth-order valence-electron chi connectivity index (χ4n) is 2.52. The third-order valence-corrected chi connectivity index (χ3v) is 3.47. The number of methoxy groups -OCH3 is 1. The molecule has 0 spiro atoms. The van der Waals surface area contributed by atoms with E-state index in [-0.39, 0.29) is 11.6 Å². The summed E-state index contributed by atoms with van der Waals surface area (Å²) >= 11 is 0. The summed E-state index contributed by atoms with van der Waals surface area (Å²) in [4.78, 5) is 8.15. The zero-order chi connectivity index (χ0) is 12.1. The third-order valence-electron chi connectivity index (χ3n) is 3.47. The summed E-state index contributed by atoms with van der Waals surface area (Å²) in [5, 5.41) is 3.32. The molecule has 1 N–H and O–H groups in total. The molecule has 0 bridgehead atoms. The molecule has 2 rings (SSSR count). The van der Waals surface area contributed by atoms with Gasteiger partial charge in [0.15, 0.2) is 0 Å². The summed E-state index contributed by atoms with van der Waals surface area (Å²) < 4.78 is 11.2. The third kappa shape index (κ3) is 2.46. The van der Waals surface area contributed by atoms with Gasteiger partial charge in [-0.1, -0.05) is 0 Å². The second kappa shape index (κ2) is 5.53. The van der Waals surface area contributed by atoms with Gasteiger partial charge in [-0.3, -0.25) is 0 Å². The topological polar surface area (TPSA) is 56.3 Å². The zero-order valence-electron chi connectivity index (χ0n) is 10.3. The van der Waals surface area contributed by atoms with Crippen molar-refractivity contribution in [3.63, 3.8) is 0 Å². The van der Waals surface area contributed by atoms with Crippen LogP contribution in [0.3, 0.4) is 0 Å². The van der Waals surface area contributed by atoms with Crippen molar-refractivity contribution < 1.29 is 9.47 Å². The average Bonchev–Trinajstić information content (AvgIpc) is 2.42. The van der Waals surface area contributed by atoms with Crippen molar-refractivity contribution in [2.24, 2.45) is 0 Å². The Bertz CT molecular complexity index is 339. The van der Waals surface area contributed by atoms with E-state index in [2.05, 4.69) is 15.3 Å². The monoisotopic (exact) mass is 237 g/mol. The SMILES string of the molecule is CNC(c1cncnc1)C1(OC)CCOCC1. The van der Waals surface area contributed by atoms with Crippen molar-refractivity contribution in [1.29, 1.82) is 0 Å². The number of hydrogen-bond acceptors (Lipinski definition) is 5. The van der Waals surface area contributed by atoms with Gasteiger partial charge in [-0.25, -0.2) is 9.97 Å². The van der Waals surface area contributed by atoms with Gasteiger partial charge in [0.2, 0.25) is 0 Å². The van der Waals surface area contributed by atoms with Crippen LogP contribution in [-0.4, -0.2) is 42.9 Å². The lowest BCUT2D eigenvalue weighted by molar-refractivity contribution is -0.110. The van der Waals surface area contributed by atoms with Crippen molar-refractivity contribution in [2.45, 2.75) is 24.5 Å². The summed E-state index contributed by atoms with van der Waals surface area (Å²) in [6.07, 6.45) is 6.97. The van der Waals surface area contributed by atoms with E-state index in [1.54, 1.807) is 13.4 Å². The highest BCUT2D eigenvalue weighted by Crippen LogP contribution is 2.36. The fourth-order valence-corrected chi connectivity index (χ4v) is 2.52. The molecular weight excluding hydrogens is 218 g/mol. The van der Waals surface area contributed by atoms with Gasteiger partial charge < -0.3 is 14.8 Å². The minimum absolute atomic E-state index is 0.0950. The zero-order valence-corrected chi connectivity index (χ0v) is 10.3. The van der Waals surface area contributed by atoms with E-state index in [1.807, 2.05) is 19.4 Å². The second-order valence-electron chi connectivity index (χ2n) is 4.27. The van der Waals surface area contributed by atoms with Gasteiger partial charge in [0, 0.05) is 51.1 Å². The Labute approximate surface area is 102 Å². The van der Waals surface area contributed by atoms with Gasteiger partial charge in [-0.15, -0.1) is 0 Å². The molecule has 1 saturated heterocycles. The van der Waals surface area contributed by atoms with Crippen LogP contribution < -0.4 is 5.32 Å². The van der Waals surface area contributed by atoms with Crippen LogP contribution in [-0.2, 0) is 9.47 Å². The molecule has 5 nitrogen and oxygen atoms in total. The maximum Gasteiger partial charge on any atom is 0.115 e. The number of rotatable bonds is 4. The van der Waals surface area contributed by atoms with Gasteiger partial charge in [-0.05, 0) is 7.05 Å². The summed E-state index contributed by atoms with van der Waals surface area (Å²) in [5.74, 6) is 0. The molecule has 0 radical (unpaired) electrons. The molecule has 1 aromatic heterocycles. The summed E-state index contributed by atoms with van der Waals surface area (Å²) in [6.45, 7) is 1.47. The quantitative estimate of drug-likeness (QED) is 0.844. The Balaban J connectivity index is 2.26. The van der Waals surface area contributed by atoms with Crippen LogP contribution in [0.1, 0.15) is 24.4 Å². The molecule has 5 heteroatoms. The van der Waals surface area contributed by atoms with E-state index in [1.165, 1.54) is 0 Å². The average molecular weight is 237 g/mol. The first-order chi connectivity index (χ1) is 8.32. The van der Waals surface area contributed by atoms with E-state index in [9.17, 15) is 0 Å². The number of nitrogens with one attached hydrogen (secondary N) is 1. The predicted molar refractivity (Wildman–Crippen MR) is 63.6 cm³/mol. The Morgan fingerprint density at radius 2 is 2.00 bits per heavy atom. The van der Waals surface area contributed by atoms with Crippen LogP contribution in [0.2, 0.25) is 0 Å². The standard InChI is InChI=1S/C12H19N3O2/c1-13-11(10-7-14-9-15-8-10)12(16-2)3-5-17-6-4-12/h7-9,11,13H,3-6H2,1-2H3. The molecule has 0 amide bonds. The summed E-state index contributed by atoms with van der Waals surface area (Å²) in [7, 11) is 3.70. The van der Waals surface area contributed by atoms with E-state index in [0.717, 1.165) is 31.6 Å². The van der Waals surface area contributed by atoms with Crippen molar-refractivity contribution in [3.8, 4) is 0 Å². The van der Waals surface area contributed by atoms with Gasteiger partial charge >= 0.3 is 0 Å². The van der Waals surface area contributed by atoms with Crippen molar-refractivity contribution >= 4 is 0 Å². The minimum Gasteiger partial charge on any atom is -0.381 e. The largest absolute Gasteiger partial charge is 0.381 e. The summed E-state index contributed by atoms with van der Waals surface area (Å²) in [6, 6.07) is 0.0950. The molecule has 94 valence electrons. The first-order valence-electron chi connectivity index (χ1n) is 5.87. The highest BCUT2D eigenvalue weighted by Gasteiger charge is 2.41. The number of likely N-dealkylation sites (N-methyl/N-ethyl adjacent to an activating group) is 1. The molecule has 1 aliphatic rings. The van der Waals surface area contributed by atoms with E-state index >= 15 is 0 Å². The van der Waals surface area contributed by atoms with E-state index in [0.29, 0.717) is 0 Å². The smallest absolute Gasteiger partial charge is 0.115 e. The van der Waals surface area contributed by atoms with Crippen LogP contribution in [0.4, 0.5) is 0 Å². The van der Waals surface area contributed by atoms with Gasteiger partial charge in [-0.2, -0.15) is 0 Å². The Kier molecular flexibility index (Phi) is 4.04. The maximum absolute atomic E-state index is 5.79. The minimum atomic E-state index is -0.224. The van der Waals surface area contributed by atoms with Gasteiger partial charge in [0.05, 0.1) is 11.6 Å².